The minimum atomic E-state index is 0.723. The molecular weight excluding hydrogens is 274 g/mol. The Morgan fingerprint density at radius 2 is 2.09 bits per heavy atom. The molecule has 0 aromatic carbocycles. The standard InChI is InChI=1S/C17H23N5/c1-13-5-8-22(9-6-13)17-20-14(2)10-16(21-17)19-12-15-4-3-7-18-11-15/h3-4,7,10-11,13H,5-6,8-9,12H2,1-2H3,(H,19,20,21). The average Bonchev–Trinajstić information content (AvgIpc) is 2.54. The minimum Gasteiger partial charge on any atom is -0.366 e. The number of aromatic nitrogens is 3. The SMILES string of the molecule is Cc1cc(NCc2cccnc2)nc(N2CCC(C)CC2)n1. The van der Waals surface area contributed by atoms with Crippen LogP contribution in [0.1, 0.15) is 31.0 Å². The third kappa shape index (κ3) is 3.72. The number of piperidine rings is 1. The third-order valence-electron chi connectivity index (χ3n) is 4.11. The zero-order chi connectivity index (χ0) is 15.4. The van der Waals surface area contributed by atoms with E-state index < -0.39 is 0 Å². The fourth-order valence-corrected chi connectivity index (χ4v) is 2.69. The van der Waals surface area contributed by atoms with E-state index in [-0.39, 0.29) is 0 Å². The molecule has 0 radical (unpaired) electrons. The Kier molecular flexibility index (Phi) is 4.51. The first-order valence-electron chi connectivity index (χ1n) is 7.94. The van der Waals surface area contributed by atoms with Gasteiger partial charge in [0.1, 0.15) is 5.82 Å². The number of hydrogen-bond donors (Lipinski definition) is 1. The highest BCUT2D eigenvalue weighted by molar-refractivity contribution is 5.44. The van der Waals surface area contributed by atoms with Crippen LogP contribution in [-0.4, -0.2) is 28.0 Å². The summed E-state index contributed by atoms with van der Waals surface area (Å²) in [6, 6.07) is 6.00. The molecule has 1 aliphatic heterocycles. The van der Waals surface area contributed by atoms with Crippen molar-refractivity contribution >= 4 is 11.8 Å². The van der Waals surface area contributed by atoms with Crippen molar-refractivity contribution in [1.29, 1.82) is 0 Å². The zero-order valence-corrected chi connectivity index (χ0v) is 13.3. The maximum atomic E-state index is 4.68. The fourth-order valence-electron chi connectivity index (χ4n) is 2.69. The minimum absolute atomic E-state index is 0.723. The summed E-state index contributed by atoms with van der Waals surface area (Å²) in [6.07, 6.45) is 6.09. The van der Waals surface area contributed by atoms with Crippen molar-refractivity contribution in [1.82, 2.24) is 15.0 Å². The lowest BCUT2D eigenvalue weighted by Gasteiger charge is -2.30. The topological polar surface area (TPSA) is 53.9 Å². The first kappa shape index (κ1) is 14.8. The lowest BCUT2D eigenvalue weighted by atomic mass is 10.00. The Morgan fingerprint density at radius 1 is 1.27 bits per heavy atom. The predicted molar refractivity (Wildman–Crippen MR) is 88.9 cm³/mol. The quantitative estimate of drug-likeness (QED) is 0.940. The van der Waals surface area contributed by atoms with Gasteiger partial charge in [0.05, 0.1) is 0 Å². The highest BCUT2D eigenvalue weighted by Crippen LogP contribution is 2.21. The molecule has 3 rings (SSSR count). The summed E-state index contributed by atoms with van der Waals surface area (Å²) in [5, 5.41) is 3.37. The number of nitrogens with zero attached hydrogens (tertiary/aromatic N) is 4. The third-order valence-corrected chi connectivity index (χ3v) is 4.11. The maximum Gasteiger partial charge on any atom is 0.227 e. The van der Waals surface area contributed by atoms with E-state index >= 15 is 0 Å². The van der Waals surface area contributed by atoms with Gasteiger partial charge in [0.25, 0.3) is 0 Å². The van der Waals surface area contributed by atoms with Gasteiger partial charge >= 0.3 is 0 Å². The second-order valence-electron chi connectivity index (χ2n) is 6.08. The van der Waals surface area contributed by atoms with Gasteiger partial charge in [-0.15, -0.1) is 0 Å². The van der Waals surface area contributed by atoms with Crippen LogP contribution >= 0.6 is 0 Å². The van der Waals surface area contributed by atoms with E-state index in [1.165, 1.54) is 12.8 Å². The van der Waals surface area contributed by atoms with Gasteiger partial charge in [0, 0.05) is 43.8 Å². The number of rotatable bonds is 4. The van der Waals surface area contributed by atoms with Gasteiger partial charge in [-0.3, -0.25) is 4.98 Å². The van der Waals surface area contributed by atoms with Crippen LogP contribution in [0.4, 0.5) is 11.8 Å². The summed E-state index contributed by atoms with van der Waals surface area (Å²) in [5.74, 6) is 2.54. The number of hydrogen-bond acceptors (Lipinski definition) is 5. The van der Waals surface area contributed by atoms with Crippen LogP contribution in [0.15, 0.2) is 30.6 Å². The van der Waals surface area contributed by atoms with Crippen molar-refractivity contribution in [2.24, 2.45) is 5.92 Å². The normalized spacial score (nSPS) is 15.8. The molecule has 1 aliphatic rings. The van der Waals surface area contributed by atoms with Crippen molar-refractivity contribution in [2.75, 3.05) is 23.3 Å². The van der Waals surface area contributed by atoms with Crippen LogP contribution in [0.3, 0.4) is 0 Å². The average molecular weight is 297 g/mol. The number of aryl methyl sites for hydroxylation is 1. The molecule has 0 amide bonds. The molecule has 2 aromatic heterocycles. The molecule has 0 saturated carbocycles. The number of nitrogens with one attached hydrogen (secondary N) is 1. The molecule has 0 unspecified atom stereocenters. The molecule has 0 spiro atoms. The van der Waals surface area contributed by atoms with E-state index in [1.807, 2.05) is 25.3 Å². The molecule has 0 atom stereocenters. The zero-order valence-electron chi connectivity index (χ0n) is 13.3. The second kappa shape index (κ2) is 6.73. The monoisotopic (exact) mass is 297 g/mol. The summed E-state index contributed by atoms with van der Waals surface area (Å²) in [7, 11) is 0. The van der Waals surface area contributed by atoms with Gasteiger partial charge in [0.15, 0.2) is 0 Å². The Balaban J connectivity index is 1.70. The maximum absolute atomic E-state index is 4.68. The van der Waals surface area contributed by atoms with E-state index in [9.17, 15) is 0 Å². The lowest BCUT2D eigenvalue weighted by molar-refractivity contribution is 0.434. The Bertz CT molecular complexity index is 606. The van der Waals surface area contributed by atoms with Crippen LogP contribution in [0.25, 0.3) is 0 Å². The van der Waals surface area contributed by atoms with E-state index in [0.717, 1.165) is 48.6 Å². The summed E-state index contributed by atoms with van der Waals surface area (Å²) in [5.41, 5.74) is 2.14. The predicted octanol–water partition coefficient (Wildman–Crippen LogP) is 3.03. The van der Waals surface area contributed by atoms with Crippen molar-refractivity contribution < 1.29 is 0 Å². The molecule has 2 aromatic rings. The van der Waals surface area contributed by atoms with Gasteiger partial charge in [-0.2, -0.15) is 4.98 Å². The molecule has 22 heavy (non-hydrogen) atoms. The van der Waals surface area contributed by atoms with Gasteiger partial charge in [0.2, 0.25) is 5.95 Å². The molecule has 0 bridgehead atoms. The van der Waals surface area contributed by atoms with Crippen LogP contribution in [0.5, 0.6) is 0 Å². The van der Waals surface area contributed by atoms with Crippen molar-refractivity contribution in [3.05, 3.63) is 41.9 Å². The molecule has 5 heteroatoms. The van der Waals surface area contributed by atoms with Crippen molar-refractivity contribution in [3.63, 3.8) is 0 Å². The van der Waals surface area contributed by atoms with Crippen LogP contribution in [0.2, 0.25) is 0 Å². The lowest BCUT2D eigenvalue weighted by Crippen LogP contribution is -2.34. The van der Waals surface area contributed by atoms with E-state index in [4.69, 9.17) is 0 Å². The molecule has 3 heterocycles. The van der Waals surface area contributed by atoms with E-state index in [2.05, 4.69) is 38.2 Å². The summed E-state index contributed by atoms with van der Waals surface area (Å²) < 4.78 is 0. The Labute approximate surface area is 131 Å². The van der Waals surface area contributed by atoms with Crippen LogP contribution < -0.4 is 10.2 Å². The summed E-state index contributed by atoms with van der Waals surface area (Å²) in [6.45, 7) is 7.16. The fraction of sp³-hybridized carbons (Fsp3) is 0.471. The summed E-state index contributed by atoms with van der Waals surface area (Å²) in [4.78, 5) is 15.7. The summed E-state index contributed by atoms with van der Waals surface area (Å²) >= 11 is 0. The van der Waals surface area contributed by atoms with Crippen molar-refractivity contribution in [2.45, 2.75) is 33.2 Å². The highest BCUT2D eigenvalue weighted by Gasteiger charge is 2.18. The van der Waals surface area contributed by atoms with Gasteiger partial charge in [-0.05, 0) is 37.3 Å². The van der Waals surface area contributed by atoms with Gasteiger partial charge in [-0.25, -0.2) is 4.98 Å². The molecular formula is C17H23N5. The van der Waals surface area contributed by atoms with Crippen molar-refractivity contribution in [3.8, 4) is 0 Å². The largest absolute Gasteiger partial charge is 0.366 e. The van der Waals surface area contributed by atoms with E-state index in [0.29, 0.717) is 0 Å². The highest BCUT2D eigenvalue weighted by atomic mass is 15.3. The second-order valence-corrected chi connectivity index (χ2v) is 6.08. The van der Waals surface area contributed by atoms with Crippen LogP contribution in [0, 0.1) is 12.8 Å². The first-order valence-corrected chi connectivity index (χ1v) is 7.94. The molecule has 116 valence electrons. The molecule has 1 fully saturated rings. The Hall–Kier alpha value is -2.17. The molecule has 5 nitrogen and oxygen atoms in total. The number of pyridine rings is 1. The molecule has 1 saturated heterocycles. The molecule has 1 N–H and O–H groups in total. The van der Waals surface area contributed by atoms with E-state index in [1.54, 1.807) is 6.20 Å². The smallest absolute Gasteiger partial charge is 0.227 e. The first-order chi connectivity index (χ1) is 10.7. The Morgan fingerprint density at radius 3 is 2.82 bits per heavy atom. The molecule has 0 aliphatic carbocycles. The van der Waals surface area contributed by atoms with Gasteiger partial charge < -0.3 is 10.2 Å². The number of anilines is 2. The van der Waals surface area contributed by atoms with Crippen LogP contribution in [-0.2, 0) is 6.54 Å². The van der Waals surface area contributed by atoms with Gasteiger partial charge in [-0.1, -0.05) is 13.0 Å².